The predicted octanol–water partition coefficient (Wildman–Crippen LogP) is 2.94. The summed E-state index contributed by atoms with van der Waals surface area (Å²) >= 11 is 0. The maximum absolute atomic E-state index is 12.8. The number of benzene rings is 1. The van der Waals surface area contributed by atoms with Crippen molar-refractivity contribution in [2.24, 2.45) is 11.8 Å². The van der Waals surface area contributed by atoms with Crippen LogP contribution in [-0.4, -0.2) is 47.3 Å². The number of amides is 3. The normalized spacial score (nSPS) is 22.1. The van der Waals surface area contributed by atoms with Crippen molar-refractivity contribution < 1.29 is 23.9 Å². The molecule has 7 heteroatoms. The first-order valence-corrected chi connectivity index (χ1v) is 10.7. The molecule has 1 aromatic rings. The van der Waals surface area contributed by atoms with E-state index in [4.69, 9.17) is 4.74 Å². The van der Waals surface area contributed by atoms with Crippen LogP contribution < -0.4 is 5.32 Å². The summed E-state index contributed by atoms with van der Waals surface area (Å²) in [7, 11) is 0. The highest BCUT2D eigenvalue weighted by molar-refractivity contribution is 6.22. The van der Waals surface area contributed by atoms with Crippen molar-refractivity contribution in [3.63, 3.8) is 0 Å². The molecular formula is C23H30N2O5. The van der Waals surface area contributed by atoms with Gasteiger partial charge in [0.2, 0.25) is 0 Å². The Balaban J connectivity index is 1.65. The Morgan fingerprint density at radius 2 is 1.70 bits per heavy atom. The van der Waals surface area contributed by atoms with Crippen LogP contribution in [0.5, 0.6) is 0 Å². The maximum Gasteiger partial charge on any atom is 0.329 e. The SMILES string of the molecule is CC(C)C[C@H](C(=O)OCC(=O)N[C@@H]1CCCC[C@H]1C)N1C(=O)c2ccccc2C1=O. The molecule has 1 heterocycles. The summed E-state index contributed by atoms with van der Waals surface area (Å²) in [6, 6.07) is 5.55. The summed E-state index contributed by atoms with van der Waals surface area (Å²) in [4.78, 5) is 51.7. The molecule has 3 rings (SSSR count). The van der Waals surface area contributed by atoms with Gasteiger partial charge in [-0.15, -0.1) is 0 Å². The Morgan fingerprint density at radius 3 is 2.27 bits per heavy atom. The zero-order valence-corrected chi connectivity index (χ0v) is 17.8. The Bertz CT molecular complexity index is 800. The third-order valence-corrected chi connectivity index (χ3v) is 5.91. The van der Waals surface area contributed by atoms with Crippen LogP contribution in [0.25, 0.3) is 0 Å². The van der Waals surface area contributed by atoms with Crippen molar-refractivity contribution in [2.75, 3.05) is 6.61 Å². The lowest BCUT2D eigenvalue weighted by atomic mass is 9.86. The van der Waals surface area contributed by atoms with E-state index in [0.717, 1.165) is 24.2 Å². The molecule has 7 nitrogen and oxygen atoms in total. The topological polar surface area (TPSA) is 92.8 Å². The third-order valence-electron chi connectivity index (χ3n) is 5.91. The first kappa shape index (κ1) is 22.0. The van der Waals surface area contributed by atoms with Crippen LogP contribution in [0.2, 0.25) is 0 Å². The molecule has 162 valence electrons. The summed E-state index contributed by atoms with van der Waals surface area (Å²) in [5, 5.41) is 2.94. The third kappa shape index (κ3) is 4.71. The lowest BCUT2D eigenvalue weighted by Gasteiger charge is -2.29. The van der Waals surface area contributed by atoms with Gasteiger partial charge in [-0.3, -0.25) is 19.3 Å². The highest BCUT2D eigenvalue weighted by Gasteiger charge is 2.43. The van der Waals surface area contributed by atoms with Crippen LogP contribution in [-0.2, 0) is 14.3 Å². The fourth-order valence-corrected chi connectivity index (χ4v) is 4.26. The van der Waals surface area contributed by atoms with E-state index in [0.29, 0.717) is 5.92 Å². The van der Waals surface area contributed by atoms with E-state index in [9.17, 15) is 19.2 Å². The molecule has 1 aliphatic carbocycles. The molecule has 30 heavy (non-hydrogen) atoms. The number of imide groups is 1. The number of carbonyl (C=O) groups excluding carboxylic acids is 4. The fourth-order valence-electron chi connectivity index (χ4n) is 4.26. The molecule has 1 fully saturated rings. The molecule has 0 aromatic heterocycles. The highest BCUT2D eigenvalue weighted by Crippen LogP contribution is 2.27. The highest BCUT2D eigenvalue weighted by atomic mass is 16.5. The second kappa shape index (κ2) is 9.41. The summed E-state index contributed by atoms with van der Waals surface area (Å²) < 4.78 is 5.25. The van der Waals surface area contributed by atoms with E-state index in [1.54, 1.807) is 24.3 Å². The number of ether oxygens (including phenoxy) is 1. The fraction of sp³-hybridized carbons (Fsp3) is 0.565. The zero-order chi connectivity index (χ0) is 21.8. The van der Waals surface area contributed by atoms with E-state index in [1.807, 2.05) is 13.8 Å². The van der Waals surface area contributed by atoms with Crippen molar-refractivity contribution in [1.29, 1.82) is 0 Å². The van der Waals surface area contributed by atoms with Gasteiger partial charge < -0.3 is 10.1 Å². The van der Waals surface area contributed by atoms with Gasteiger partial charge in [-0.05, 0) is 43.2 Å². The molecule has 1 aromatic carbocycles. The lowest BCUT2D eigenvalue weighted by Crippen LogP contribution is -2.48. The summed E-state index contributed by atoms with van der Waals surface area (Å²) in [6.07, 6.45) is 4.50. The number of carbonyl (C=O) groups is 4. The van der Waals surface area contributed by atoms with E-state index >= 15 is 0 Å². The minimum Gasteiger partial charge on any atom is -0.454 e. The molecule has 3 atom stereocenters. The van der Waals surface area contributed by atoms with Crippen LogP contribution in [0.3, 0.4) is 0 Å². The number of nitrogens with one attached hydrogen (secondary N) is 1. The molecular weight excluding hydrogens is 384 g/mol. The van der Waals surface area contributed by atoms with Gasteiger partial charge in [-0.2, -0.15) is 0 Å². The van der Waals surface area contributed by atoms with Gasteiger partial charge in [0.15, 0.2) is 6.61 Å². The van der Waals surface area contributed by atoms with Gasteiger partial charge >= 0.3 is 5.97 Å². The van der Waals surface area contributed by atoms with E-state index in [-0.39, 0.29) is 35.4 Å². The Labute approximate surface area is 177 Å². The minimum absolute atomic E-state index is 0.0452. The van der Waals surface area contributed by atoms with E-state index < -0.39 is 30.4 Å². The molecule has 3 amide bonds. The average Bonchev–Trinajstić information content (AvgIpc) is 2.97. The number of hydrogen-bond acceptors (Lipinski definition) is 5. The predicted molar refractivity (Wildman–Crippen MR) is 111 cm³/mol. The molecule has 0 spiro atoms. The summed E-state index contributed by atoms with van der Waals surface area (Å²) in [5.74, 6) is -1.65. The lowest BCUT2D eigenvalue weighted by molar-refractivity contribution is -0.153. The van der Waals surface area contributed by atoms with Crippen LogP contribution in [0.4, 0.5) is 0 Å². The smallest absolute Gasteiger partial charge is 0.329 e. The van der Waals surface area contributed by atoms with E-state index in [1.165, 1.54) is 6.42 Å². The Hall–Kier alpha value is -2.70. The number of fused-ring (bicyclic) bond motifs is 1. The molecule has 0 bridgehead atoms. The van der Waals surface area contributed by atoms with Gasteiger partial charge in [-0.1, -0.05) is 45.7 Å². The maximum atomic E-state index is 12.8. The van der Waals surface area contributed by atoms with Crippen molar-refractivity contribution >= 4 is 23.7 Å². The van der Waals surface area contributed by atoms with Gasteiger partial charge in [0.1, 0.15) is 6.04 Å². The van der Waals surface area contributed by atoms with Crippen LogP contribution in [0, 0.1) is 11.8 Å². The van der Waals surface area contributed by atoms with Crippen molar-refractivity contribution in [1.82, 2.24) is 10.2 Å². The van der Waals surface area contributed by atoms with Crippen molar-refractivity contribution in [3.05, 3.63) is 35.4 Å². The zero-order valence-electron chi connectivity index (χ0n) is 17.8. The first-order valence-electron chi connectivity index (χ1n) is 10.7. The number of rotatable bonds is 7. The van der Waals surface area contributed by atoms with Gasteiger partial charge in [-0.25, -0.2) is 4.79 Å². The number of hydrogen-bond donors (Lipinski definition) is 1. The standard InChI is InChI=1S/C23H30N2O5/c1-14(2)12-19(25-21(27)16-9-5-6-10-17(16)22(25)28)23(29)30-13-20(26)24-18-11-7-4-8-15(18)3/h5-6,9-10,14-15,18-19H,4,7-8,11-13H2,1-3H3,(H,24,26)/t15-,18-,19-/m1/s1. The molecule has 1 N–H and O–H groups in total. The molecule has 0 saturated heterocycles. The average molecular weight is 415 g/mol. The summed E-state index contributed by atoms with van der Waals surface area (Å²) in [6.45, 7) is 5.49. The minimum atomic E-state index is -1.06. The second-order valence-electron chi connectivity index (χ2n) is 8.71. The van der Waals surface area contributed by atoms with Crippen molar-refractivity contribution in [3.8, 4) is 0 Å². The molecule has 0 unspecified atom stereocenters. The molecule has 2 aliphatic rings. The quantitative estimate of drug-likeness (QED) is 0.547. The van der Waals surface area contributed by atoms with Crippen LogP contribution in [0.1, 0.15) is 73.6 Å². The monoisotopic (exact) mass is 414 g/mol. The molecule has 0 radical (unpaired) electrons. The van der Waals surface area contributed by atoms with Crippen LogP contribution in [0.15, 0.2) is 24.3 Å². The summed E-state index contributed by atoms with van der Waals surface area (Å²) in [5.41, 5.74) is 0.571. The van der Waals surface area contributed by atoms with Gasteiger partial charge in [0, 0.05) is 6.04 Å². The Morgan fingerprint density at radius 1 is 1.10 bits per heavy atom. The first-order chi connectivity index (χ1) is 14.3. The van der Waals surface area contributed by atoms with E-state index in [2.05, 4.69) is 12.2 Å². The van der Waals surface area contributed by atoms with Gasteiger partial charge in [0.25, 0.3) is 17.7 Å². The van der Waals surface area contributed by atoms with Gasteiger partial charge in [0.05, 0.1) is 11.1 Å². The van der Waals surface area contributed by atoms with Crippen molar-refractivity contribution in [2.45, 2.75) is 65.0 Å². The molecule has 1 saturated carbocycles. The second-order valence-corrected chi connectivity index (χ2v) is 8.71. The largest absolute Gasteiger partial charge is 0.454 e. The Kier molecular flexibility index (Phi) is 6.90. The number of nitrogens with zero attached hydrogens (tertiary/aromatic N) is 1. The number of esters is 1. The van der Waals surface area contributed by atoms with Crippen LogP contribution >= 0.6 is 0 Å². The molecule has 1 aliphatic heterocycles.